The van der Waals surface area contributed by atoms with E-state index in [9.17, 15) is 4.79 Å². The second-order valence-electron chi connectivity index (χ2n) is 7.45. The number of anilines is 1. The Hall–Kier alpha value is -2.67. The summed E-state index contributed by atoms with van der Waals surface area (Å²) in [6.45, 7) is 10.0. The van der Waals surface area contributed by atoms with Gasteiger partial charge in [0.25, 0.3) is 0 Å². The number of rotatable bonds is 9. The molecule has 1 aromatic carbocycles. The molecule has 2 aromatic rings. The van der Waals surface area contributed by atoms with Crippen molar-refractivity contribution in [2.24, 2.45) is 0 Å². The molecule has 0 aliphatic carbocycles. The van der Waals surface area contributed by atoms with Gasteiger partial charge in [0.05, 0.1) is 13.0 Å². The van der Waals surface area contributed by atoms with Crippen LogP contribution in [0.4, 0.5) is 5.95 Å². The summed E-state index contributed by atoms with van der Waals surface area (Å²) in [5.41, 5.74) is 2.31. The minimum Gasteiger partial charge on any atom is -0.493 e. The van der Waals surface area contributed by atoms with Gasteiger partial charge in [-0.3, -0.25) is 9.69 Å². The molecule has 1 aromatic heterocycles. The van der Waals surface area contributed by atoms with E-state index in [4.69, 9.17) is 4.74 Å². The van der Waals surface area contributed by atoms with Gasteiger partial charge in [-0.1, -0.05) is 17.7 Å². The lowest BCUT2D eigenvalue weighted by molar-refractivity contribution is -0.121. The molecule has 1 amide bonds. The lowest BCUT2D eigenvalue weighted by atomic mass is 10.1. The molecule has 1 aliphatic heterocycles. The molecule has 156 valence electrons. The first kappa shape index (κ1) is 21.0. The molecule has 3 rings (SSSR count). The van der Waals surface area contributed by atoms with E-state index >= 15 is 0 Å². The van der Waals surface area contributed by atoms with Crippen LogP contribution in [0.2, 0.25) is 0 Å². The van der Waals surface area contributed by atoms with Crippen molar-refractivity contribution in [2.45, 2.75) is 26.7 Å². The highest BCUT2D eigenvalue weighted by atomic mass is 16.5. The third kappa shape index (κ3) is 6.71. The van der Waals surface area contributed by atoms with Gasteiger partial charge < -0.3 is 15.0 Å². The number of benzene rings is 1. The number of piperazine rings is 1. The van der Waals surface area contributed by atoms with Crippen LogP contribution in [0.25, 0.3) is 0 Å². The standard InChI is InChI=1S/C22H31N5O2/c1-18-5-6-20(19(2)17-18)29-16-7-21(28)23-10-4-11-26-12-14-27(15-13-26)22-24-8-3-9-25-22/h3,5-6,8-9,17H,4,7,10-16H2,1-2H3,(H,23,28). The molecule has 0 radical (unpaired) electrons. The van der Waals surface area contributed by atoms with Crippen molar-refractivity contribution >= 4 is 11.9 Å². The number of hydrogen-bond acceptors (Lipinski definition) is 6. The fraction of sp³-hybridized carbons (Fsp3) is 0.500. The average Bonchev–Trinajstić information content (AvgIpc) is 2.74. The van der Waals surface area contributed by atoms with Gasteiger partial charge in [0.2, 0.25) is 11.9 Å². The number of carbonyl (C=O) groups excluding carboxylic acids is 1. The smallest absolute Gasteiger partial charge is 0.225 e. The zero-order valence-corrected chi connectivity index (χ0v) is 17.4. The quantitative estimate of drug-likeness (QED) is 0.654. The Bertz CT molecular complexity index is 776. The Kier molecular flexibility index (Phi) is 7.81. The normalized spacial score (nSPS) is 14.6. The van der Waals surface area contributed by atoms with E-state index in [1.54, 1.807) is 12.4 Å². The van der Waals surface area contributed by atoms with E-state index in [0.717, 1.165) is 56.4 Å². The lowest BCUT2D eigenvalue weighted by Gasteiger charge is -2.34. The molecule has 1 aliphatic rings. The highest BCUT2D eigenvalue weighted by Gasteiger charge is 2.18. The van der Waals surface area contributed by atoms with Crippen LogP contribution in [-0.4, -0.2) is 66.7 Å². The fourth-order valence-corrected chi connectivity index (χ4v) is 3.46. The summed E-state index contributed by atoms with van der Waals surface area (Å²) in [6.07, 6.45) is 4.89. The summed E-state index contributed by atoms with van der Waals surface area (Å²) in [4.78, 5) is 25.3. The van der Waals surface area contributed by atoms with Crippen LogP contribution in [0.15, 0.2) is 36.7 Å². The predicted molar refractivity (Wildman–Crippen MR) is 114 cm³/mol. The maximum absolute atomic E-state index is 12.0. The van der Waals surface area contributed by atoms with Crippen LogP contribution >= 0.6 is 0 Å². The maximum Gasteiger partial charge on any atom is 0.225 e. The third-order valence-corrected chi connectivity index (χ3v) is 5.10. The van der Waals surface area contributed by atoms with Crippen molar-refractivity contribution in [3.63, 3.8) is 0 Å². The number of nitrogens with zero attached hydrogens (tertiary/aromatic N) is 4. The topological polar surface area (TPSA) is 70.6 Å². The fourth-order valence-electron chi connectivity index (χ4n) is 3.46. The molecule has 0 atom stereocenters. The van der Waals surface area contributed by atoms with Crippen LogP contribution in [0.3, 0.4) is 0 Å². The van der Waals surface area contributed by atoms with Gasteiger partial charge >= 0.3 is 0 Å². The minimum atomic E-state index is 0.0424. The zero-order valence-electron chi connectivity index (χ0n) is 17.4. The molecule has 1 fully saturated rings. The molecule has 0 spiro atoms. The Labute approximate surface area is 173 Å². The SMILES string of the molecule is Cc1ccc(OCCC(=O)NCCCN2CCN(c3ncccn3)CC2)c(C)c1. The van der Waals surface area contributed by atoms with E-state index in [1.165, 1.54) is 5.56 Å². The van der Waals surface area contributed by atoms with Gasteiger partial charge in [-0.15, -0.1) is 0 Å². The Morgan fingerprint density at radius 2 is 1.90 bits per heavy atom. The molecule has 7 nitrogen and oxygen atoms in total. The van der Waals surface area contributed by atoms with Crippen molar-refractivity contribution in [2.75, 3.05) is 50.8 Å². The lowest BCUT2D eigenvalue weighted by Crippen LogP contribution is -2.47. The number of hydrogen-bond donors (Lipinski definition) is 1. The molecule has 7 heteroatoms. The second kappa shape index (κ2) is 10.8. The number of aromatic nitrogens is 2. The molecule has 1 saturated heterocycles. The molecule has 1 N–H and O–H groups in total. The Balaban J connectivity index is 1.25. The number of ether oxygens (including phenoxy) is 1. The molecule has 0 unspecified atom stereocenters. The van der Waals surface area contributed by atoms with E-state index in [0.29, 0.717) is 19.6 Å². The minimum absolute atomic E-state index is 0.0424. The Morgan fingerprint density at radius 3 is 2.62 bits per heavy atom. The number of aryl methyl sites for hydroxylation is 2. The maximum atomic E-state index is 12.0. The number of carbonyl (C=O) groups is 1. The van der Waals surface area contributed by atoms with Gasteiger partial charge in [-0.05, 0) is 44.5 Å². The first-order chi connectivity index (χ1) is 14.1. The van der Waals surface area contributed by atoms with E-state index < -0.39 is 0 Å². The highest BCUT2D eigenvalue weighted by molar-refractivity contribution is 5.75. The van der Waals surface area contributed by atoms with Gasteiger partial charge in [-0.2, -0.15) is 0 Å². The number of nitrogens with one attached hydrogen (secondary N) is 1. The van der Waals surface area contributed by atoms with Gasteiger partial charge in [0, 0.05) is 45.1 Å². The van der Waals surface area contributed by atoms with Crippen molar-refractivity contribution in [1.29, 1.82) is 0 Å². The molecule has 0 bridgehead atoms. The molecular weight excluding hydrogens is 366 g/mol. The van der Waals surface area contributed by atoms with Crippen LogP contribution in [0.1, 0.15) is 24.0 Å². The van der Waals surface area contributed by atoms with Crippen molar-refractivity contribution in [3.8, 4) is 5.75 Å². The third-order valence-electron chi connectivity index (χ3n) is 5.10. The second-order valence-corrected chi connectivity index (χ2v) is 7.45. The van der Waals surface area contributed by atoms with Gasteiger partial charge in [-0.25, -0.2) is 9.97 Å². The van der Waals surface area contributed by atoms with E-state index in [2.05, 4.69) is 38.1 Å². The molecular formula is C22H31N5O2. The van der Waals surface area contributed by atoms with Crippen LogP contribution < -0.4 is 15.0 Å². The summed E-state index contributed by atoms with van der Waals surface area (Å²) in [5, 5.41) is 2.99. The van der Waals surface area contributed by atoms with Gasteiger partial charge in [0.15, 0.2) is 0 Å². The summed E-state index contributed by atoms with van der Waals surface area (Å²) < 4.78 is 5.73. The first-order valence-corrected chi connectivity index (χ1v) is 10.3. The van der Waals surface area contributed by atoms with Crippen molar-refractivity contribution in [3.05, 3.63) is 47.8 Å². The predicted octanol–water partition coefficient (Wildman–Crippen LogP) is 2.19. The van der Waals surface area contributed by atoms with Crippen molar-refractivity contribution in [1.82, 2.24) is 20.2 Å². The van der Waals surface area contributed by atoms with Crippen molar-refractivity contribution < 1.29 is 9.53 Å². The van der Waals surface area contributed by atoms with E-state index in [-0.39, 0.29) is 5.91 Å². The van der Waals surface area contributed by atoms with Crippen LogP contribution in [0, 0.1) is 13.8 Å². The molecule has 2 heterocycles. The summed E-state index contributed by atoms with van der Waals surface area (Å²) in [5.74, 6) is 1.70. The van der Waals surface area contributed by atoms with E-state index in [1.807, 2.05) is 25.1 Å². The monoisotopic (exact) mass is 397 g/mol. The summed E-state index contributed by atoms with van der Waals surface area (Å²) in [7, 11) is 0. The zero-order chi connectivity index (χ0) is 20.5. The van der Waals surface area contributed by atoms with Crippen LogP contribution in [-0.2, 0) is 4.79 Å². The molecule has 0 saturated carbocycles. The van der Waals surface area contributed by atoms with Crippen LogP contribution in [0.5, 0.6) is 5.75 Å². The highest BCUT2D eigenvalue weighted by Crippen LogP contribution is 2.18. The Morgan fingerprint density at radius 1 is 1.14 bits per heavy atom. The largest absolute Gasteiger partial charge is 0.493 e. The molecule has 29 heavy (non-hydrogen) atoms. The first-order valence-electron chi connectivity index (χ1n) is 10.3. The summed E-state index contributed by atoms with van der Waals surface area (Å²) >= 11 is 0. The number of amides is 1. The van der Waals surface area contributed by atoms with Gasteiger partial charge in [0.1, 0.15) is 5.75 Å². The summed E-state index contributed by atoms with van der Waals surface area (Å²) in [6, 6.07) is 7.91. The average molecular weight is 398 g/mol.